The summed E-state index contributed by atoms with van der Waals surface area (Å²) in [5, 5.41) is 14.9. The third-order valence-electron chi connectivity index (χ3n) is 3.90. The van der Waals surface area contributed by atoms with Crippen LogP contribution >= 0.6 is 0 Å². The van der Waals surface area contributed by atoms with E-state index in [2.05, 4.69) is 10.8 Å². The van der Waals surface area contributed by atoms with Crippen LogP contribution in [0.15, 0.2) is 30.5 Å². The Morgan fingerprint density at radius 3 is 2.75 bits per heavy atom. The number of benzene rings is 2. The van der Waals surface area contributed by atoms with Crippen LogP contribution in [0.1, 0.15) is 5.56 Å². The van der Waals surface area contributed by atoms with Crippen molar-refractivity contribution in [2.45, 2.75) is 0 Å². The fourth-order valence-corrected chi connectivity index (χ4v) is 3.04. The van der Waals surface area contributed by atoms with Crippen LogP contribution in [0, 0.1) is 0 Å². The fraction of sp³-hybridized carbons (Fsp3) is 0.0625. The second kappa shape index (κ2) is 3.22. The van der Waals surface area contributed by atoms with Crippen molar-refractivity contribution in [3.63, 3.8) is 0 Å². The maximum atomic E-state index is 11.9. The number of hydrogen-bond donors (Lipinski definition) is 0. The average molecular weight is 263 g/mol. The van der Waals surface area contributed by atoms with Crippen molar-refractivity contribution in [1.29, 1.82) is 0 Å². The molecular weight excluding hydrogens is 254 g/mol. The van der Waals surface area contributed by atoms with Gasteiger partial charge >= 0.3 is 0 Å². The molecule has 0 bridgehead atoms. The first-order valence-corrected chi connectivity index (χ1v) is 6.40. The van der Waals surface area contributed by atoms with E-state index in [0.717, 1.165) is 38.7 Å². The van der Waals surface area contributed by atoms with E-state index in [4.69, 9.17) is 9.47 Å². The molecule has 4 heteroatoms. The number of rotatable bonds is 0. The zero-order chi connectivity index (χ0) is 13.3. The minimum Gasteiger partial charge on any atom is -0.872 e. The molecule has 96 valence electrons. The highest BCUT2D eigenvalue weighted by molar-refractivity contribution is 6.08. The molecule has 0 N–H and O–H groups in total. The molecule has 2 aliphatic rings. The summed E-state index contributed by atoms with van der Waals surface area (Å²) in [5.74, 6) is 1.52. The monoisotopic (exact) mass is 263 g/mol. The molecule has 0 saturated heterocycles. The quantitative estimate of drug-likeness (QED) is 0.360. The first-order chi connectivity index (χ1) is 9.79. The predicted octanol–water partition coefficient (Wildman–Crippen LogP) is 2.02. The average Bonchev–Trinajstić information content (AvgIpc) is 3.04. The Bertz CT molecular complexity index is 944. The summed E-state index contributed by atoms with van der Waals surface area (Å²) in [6.45, 7) is 0.252. The zero-order valence-corrected chi connectivity index (χ0v) is 10.4. The summed E-state index contributed by atoms with van der Waals surface area (Å²) in [6.07, 6.45) is 5.99. The van der Waals surface area contributed by atoms with Crippen LogP contribution in [0.5, 0.6) is 17.2 Å². The highest BCUT2D eigenvalue weighted by Gasteiger charge is 2.22. The third-order valence-corrected chi connectivity index (χ3v) is 3.90. The Kier molecular flexibility index (Phi) is 1.62. The van der Waals surface area contributed by atoms with Crippen LogP contribution in [-0.2, 0) is 0 Å². The smallest absolute Gasteiger partial charge is 0.231 e. The van der Waals surface area contributed by atoms with E-state index in [1.807, 2.05) is 24.4 Å². The standard InChI is InChI=1S/C16H9NO3/c18-11-3-9-1-2-17-7-10-4-14-15(20-8-19-14)6-12(10)13(5-11)16(9)17/h1-7H,8H2. The minimum absolute atomic E-state index is 0.0239. The lowest BCUT2D eigenvalue weighted by Gasteiger charge is -2.08. The van der Waals surface area contributed by atoms with Crippen LogP contribution in [0.2, 0.25) is 0 Å². The van der Waals surface area contributed by atoms with Crippen molar-refractivity contribution >= 4 is 34.0 Å². The van der Waals surface area contributed by atoms with Gasteiger partial charge < -0.3 is 14.6 Å². The third kappa shape index (κ3) is 1.13. The van der Waals surface area contributed by atoms with Gasteiger partial charge in [0, 0.05) is 11.5 Å². The molecule has 0 unspecified atom stereocenters. The van der Waals surface area contributed by atoms with E-state index >= 15 is 0 Å². The summed E-state index contributed by atoms with van der Waals surface area (Å²) in [5.41, 5.74) is 2.03. The highest BCUT2D eigenvalue weighted by atomic mass is 16.7. The van der Waals surface area contributed by atoms with Gasteiger partial charge in [0.1, 0.15) is 0 Å². The lowest BCUT2D eigenvalue weighted by atomic mass is 10.0. The molecule has 20 heavy (non-hydrogen) atoms. The fourth-order valence-electron chi connectivity index (χ4n) is 3.04. The number of nitrogens with zero attached hydrogens (tertiary/aromatic N) is 1. The molecule has 0 amide bonds. The first kappa shape index (κ1) is 10.1. The summed E-state index contributed by atoms with van der Waals surface area (Å²) in [4.78, 5) is 0. The molecular formula is C16H9NO3. The largest absolute Gasteiger partial charge is 0.872 e. The normalized spacial score (nSPS) is 14.6. The molecule has 0 fully saturated rings. The Morgan fingerprint density at radius 1 is 1.00 bits per heavy atom. The van der Waals surface area contributed by atoms with Gasteiger partial charge in [-0.25, -0.2) is 0 Å². The first-order valence-electron chi connectivity index (χ1n) is 6.40. The number of hydrogen-bond acceptors (Lipinski definition) is 3. The van der Waals surface area contributed by atoms with Gasteiger partial charge in [-0.15, -0.1) is 5.75 Å². The summed E-state index contributed by atoms with van der Waals surface area (Å²) < 4.78 is 12.9. The van der Waals surface area contributed by atoms with E-state index in [-0.39, 0.29) is 12.5 Å². The van der Waals surface area contributed by atoms with E-state index in [9.17, 15) is 5.11 Å². The van der Waals surface area contributed by atoms with Crippen LogP contribution in [-0.4, -0.2) is 6.79 Å². The van der Waals surface area contributed by atoms with Crippen molar-refractivity contribution in [3.05, 3.63) is 36.0 Å². The number of pyridine rings is 1. The molecule has 0 radical (unpaired) electrons. The molecule has 0 spiro atoms. The molecule has 2 aromatic carbocycles. The molecule has 2 aliphatic heterocycles. The highest BCUT2D eigenvalue weighted by Crippen LogP contribution is 2.39. The van der Waals surface area contributed by atoms with Crippen LogP contribution in [0.25, 0.3) is 34.0 Å². The van der Waals surface area contributed by atoms with Gasteiger partial charge in [-0.05, 0) is 12.1 Å². The van der Waals surface area contributed by atoms with Crippen molar-refractivity contribution < 1.29 is 19.1 Å². The Morgan fingerprint density at radius 2 is 1.85 bits per heavy atom. The zero-order valence-electron chi connectivity index (χ0n) is 10.4. The Hall–Kier alpha value is -2.75. The Labute approximate surface area is 114 Å². The van der Waals surface area contributed by atoms with Gasteiger partial charge in [0.2, 0.25) is 12.3 Å². The maximum Gasteiger partial charge on any atom is 0.231 e. The molecule has 5 rings (SSSR count). The van der Waals surface area contributed by atoms with Gasteiger partial charge in [0.05, 0.1) is 16.3 Å². The molecule has 4 nitrogen and oxygen atoms in total. The summed E-state index contributed by atoms with van der Waals surface area (Å²) in [6, 6.07) is 7.27. The summed E-state index contributed by atoms with van der Waals surface area (Å²) in [7, 11) is 0. The molecule has 3 aromatic rings. The van der Waals surface area contributed by atoms with Gasteiger partial charge in [-0.3, -0.25) is 0 Å². The summed E-state index contributed by atoms with van der Waals surface area (Å²) >= 11 is 0. The Balaban J connectivity index is 2.03. The van der Waals surface area contributed by atoms with E-state index in [1.54, 1.807) is 12.1 Å². The van der Waals surface area contributed by atoms with Crippen LogP contribution in [0.4, 0.5) is 0 Å². The molecule has 3 heterocycles. The molecule has 0 atom stereocenters. The van der Waals surface area contributed by atoms with Crippen molar-refractivity contribution in [2.75, 3.05) is 6.79 Å². The van der Waals surface area contributed by atoms with Gasteiger partial charge in [-0.2, -0.15) is 4.57 Å². The molecule has 0 saturated carbocycles. The molecule has 1 aromatic heterocycles. The predicted molar refractivity (Wildman–Crippen MR) is 72.4 cm³/mol. The van der Waals surface area contributed by atoms with Gasteiger partial charge in [0.15, 0.2) is 23.9 Å². The van der Waals surface area contributed by atoms with Gasteiger partial charge in [-0.1, -0.05) is 12.1 Å². The van der Waals surface area contributed by atoms with Crippen LogP contribution in [0.3, 0.4) is 0 Å². The van der Waals surface area contributed by atoms with E-state index in [1.165, 1.54) is 0 Å². The second-order valence-corrected chi connectivity index (χ2v) is 5.05. The van der Waals surface area contributed by atoms with E-state index < -0.39 is 0 Å². The second-order valence-electron chi connectivity index (χ2n) is 5.05. The number of aromatic nitrogens is 1. The number of ether oxygens (including phenoxy) is 2. The van der Waals surface area contributed by atoms with Crippen LogP contribution < -0.4 is 19.1 Å². The topological polar surface area (TPSA) is 45.4 Å². The van der Waals surface area contributed by atoms with Gasteiger partial charge in [0.25, 0.3) is 0 Å². The minimum atomic E-state index is 0.0239. The number of fused-ring (bicyclic) bond motifs is 3. The van der Waals surface area contributed by atoms with E-state index in [0.29, 0.717) is 0 Å². The lowest BCUT2D eigenvalue weighted by Crippen LogP contribution is -2.24. The SMILES string of the molecule is [O-]c1cc2c3c(c1)c1cc4c(cc1c[n+]3C=C2)OCO4. The van der Waals surface area contributed by atoms with Crippen molar-refractivity contribution in [2.24, 2.45) is 0 Å². The molecule has 0 aliphatic carbocycles. The van der Waals surface area contributed by atoms with Crippen molar-refractivity contribution in [1.82, 2.24) is 0 Å². The van der Waals surface area contributed by atoms with Crippen molar-refractivity contribution in [3.8, 4) is 17.2 Å². The maximum absolute atomic E-state index is 11.9. The lowest BCUT2D eigenvalue weighted by molar-refractivity contribution is -0.534.